The van der Waals surface area contributed by atoms with Crippen LogP contribution < -0.4 is 5.32 Å². The standard InChI is InChI=1S/C26H33N3O3/c1-17-14-29(18(2)15-30)26(31)25-24(21-11-7-8-12-22(21)28(25)4)20-10-6-5-9-19(20)16-32-23(17)13-27-3/h5-12,17-18,23,27,30H,13-16H2,1-4H3/t17-,18+,23+/m0/s1. The molecular weight excluding hydrogens is 402 g/mol. The van der Waals surface area contributed by atoms with Gasteiger partial charge in [0.2, 0.25) is 0 Å². The lowest BCUT2D eigenvalue weighted by molar-refractivity contribution is -0.00658. The molecule has 0 fully saturated rings. The fraction of sp³-hybridized carbons (Fsp3) is 0.423. The molecule has 1 aromatic heterocycles. The number of likely N-dealkylation sites (N-methyl/N-ethyl adjacent to an activating group) is 1. The minimum atomic E-state index is -0.304. The molecule has 0 aliphatic carbocycles. The van der Waals surface area contributed by atoms with Crippen molar-refractivity contribution in [1.29, 1.82) is 0 Å². The first kappa shape index (κ1) is 22.5. The summed E-state index contributed by atoms with van der Waals surface area (Å²) in [5, 5.41) is 14.2. The monoisotopic (exact) mass is 435 g/mol. The predicted molar refractivity (Wildman–Crippen MR) is 128 cm³/mol. The molecule has 32 heavy (non-hydrogen) atoms. The molecule has 0 saturated heterocycles. The number of para-hydroxylation sites is 1. The zero-order valence-electron chi connectivity index (χ0n) is 19.3. The number of fused-ring (bicyclic) bond motifs is 5. The van der Waals surface area contributed by atoms with Crippen LogP contribution >= 0.6 is 0 Å². The molecular formula is C26H33N3O3. The molecule has 2 heterocycles. The van der Waals surface area contributed by atoms with E-state index in [0.29, 0.717) is 25.4 Å². The van der Waals surface area contributed by atoms with E-state index in [4.69, 9.17) is 4.74 Å². The average molecular weight is 436 g/mol. The Kier molecular flexibility index (Phi) is 6.65. The number of rotatable bonds is 4. The van der Waals surface area contributed by atoms with Crippen molar-refractivity contribution in [2.45, 2.75) is 32.6 Å². The van der Waals surface area contributed by atoms with Crippen LogP contribution in [0.25, 0.3) is 22.0 Å². The van der Waals surface area contributed by atoms with Crippen molar-refractivity contribution in [3.05, 3.63) is 59.8 Å². The number of carbonyl (C=O) groups excluding carboxylic acids is 1. The molecule has 6 nitrogen and oxygen atoms in total. The highest BCUT2D eigenvalue weighted by molar-refractivity contribution is 6.10. The topological polar surface area (TPSA) is 66.7 Å². The number of aliphatic hydroxyl groups is 1. The van der Waals surface area contributed by atoms with Crippen molar-refractivity contribution in [3.8, 4) is 11.1 Å². The number of benzene rings is 2. The van der Waals surface area contributed by atoms with Gasteiger partial charge in [0.1, 0.15) is 5.69 Å². The largest absolute Gasteiger partial charge is 0.394 e. The lowest BCUT2D eigenvalue weighted by Gasteiger charge is -2.33. The van der Waals surface area contributed by atoms with E-state index in [1.54, 1.807) is 0 Å². The van der Waals surface area contributed by atoms with E-state index in [9.17, 15) is 9.90 Å². The second-order valence-electron chi connectivity index (χ2n) is 8.83. The van der Waals surface area contributed by atoms with E-state index >= 15 is 0 Å². The molecule has 6 heteroatoms. The molecule has 0 unspecified atom stereocenters. The summed E-state index contributed by atoms with van der Waals surface area (Å²) < 4.78 is 8.41. The van der Waals surface area contributed by atoms with Crippen LogP contribution in [0.3, 0.4) is 0 Å². The first-order valence-corrected chi connectivity index (χ1v) is 11.3. The Hall–Kier alpha value is -2.67. The molecule has 0 saturated carbocycles. The van der Waals surface area contributed by atoms with Gasteiger partial charge < -0.3 is 24.6 Å². The van der Waals surface area contributed by atoms with Gasteiger partial charge >= 0.3 is 0 Å². The van der Waals surface area contributed by atoms with Crippen molar-refractivity contribution in [2.75, 3.05) is 26.7 Å². The highest BCUT2D eigenvalue weighted by atomic mass is 16.5. The minimum Gasteiger partial charge on any atom is -0.394 e. The summed E-state index contributed by atoms with van der Waals surface area (Å²) in [4.78, 5) is 15.9. The van der Waals surface area contributed by atoms with Crippen molar-refractivity contribution < 1.29 is 14.6 Å². The van der Waals surface area contributed by atoms with Crippen LogP contribution in [0, 0.1) is 5.92 Å². The van der Waals surface area contributed by atoms with Crippen molar-refractivity contribution in [2.24, 2.45) is 13.0 Å². The third kappa shape index (κ3) is 3.94. The molecule has 2 N–H and O–H groups in total. The Balaban J connectivity index is 1.99. The smallest absolute Gasteiger partial charge is 0.271 e. The van der Waals surface area contributed by atoms with Crippen LogP contribution in [0.15, 0.2) is 48.5 Å². The third-order valence-electron chi connectivity index (χ3n) is 6.63. The van der Waals surface area contributed by atoms with Gasteiger partial charge in [-0.25, -0.2) is 0 Å². The number of nitrogens with one attached hydrogen (secondary N) is 1. The number of carbonyl (C=O) groups is 1. The molecule has 1 aliphatic heterocycles. The van der Waals surface area contributed by atoms with E-state index in [-0.39, 0.29) is 30.6 Å². The number of aromatic nitrogens is 1. The summed E-state index contributed by atoms with van der Waals surface area (Å²) in [6.07, 6.45) is -0.0628. The Morgan fingerprint density at radius 3 is 2.66 bits per heavy atom. The van der Waals surface area contributed by atoms with Crippen LogP contribution in [-0.2, 0) is 18.4 Å². The van der Waals surface area contributed by atoms with Crippen LogP contribution in [0.5, 0.6) is 0 Å². The molecule has 1 aliphatic rings. The molecule has 3 atom stereocenters. The lowest BCUT2D eigenvalue weighted by atomic mass is 9.96. The van der Waals surface area contributed by atoms with Gasteiger partial charge in [-0.15, -0.1) is 0 Å². The lowest BCUT2D eigenvalue weighted by Crippen LogP contribution is -2.47. The Morgan fingerprint density at radius 1 is 1.19 bits per heavy atom. The number of amides is 1. The number of ether oxygens (including phenoxy) is 1. The molecule has 0 radical (unpaired) electrons. The second-order valence-corrected chi connectivity index (χ2v) is 8.83. The summed E-state index contributed by atoms with van der Waals surface area (Å²) in [5.74, 6) is 0.0239. The van der Waals surface area contributed by atoms with Gasteiger partial charge in [0.25, 0.3) is 5.91 Å². The van der Waals surface area contributed by atoms with Gasteiger partial charge in [-0.05, 0) is 31.2 Å². The molecule has 0 spiro atoms. The minimum absolute atomic E-state index is 0.0628. The molecule has 4 rings (SSSR count). The average Bonchev–Trinajstić information content (AvgIpc) is 3.10. The number of nitrogens with zero attached hydrogens (tertiary/aromatic N) is 2. The number of aryl methyl sites for hydroxylation is 1. The van der Waals surface area contributed by atoms with Crippen LogP contribution in [0.2, 0.25) is 0 Å². The maximum Gasteiger partial charge on any atom is 0.271 e. The zero-order valence-corrected chi connectivity index (χ0v) is 19.3. The van der Waals surface area contributed by atoms with Crippen LogP contribution in [-0.4, -0.2) is 59.4 Å². The quantitative estimate of drug-likeness (QED) is 0.659. The van der Waals surface area contributed by atoms with Gasteiger partial charge in [-0.1, -0.05) is 49.4 Å². The normalized spacial score (nSPS) is 20.5. The SMILES string of the molecule is CNC[C@H]1OCc2ccccc2-c2c(n(C)c3ccccc23)C(=O)N([C@H](C)CO)C[C@@H]1C. The van der Waals surface area contributed by atoms with E-state index in [1.807, 2.05) is 60.8 Å². The summed E-state index contributed by atoms with van der Waals surface area (Å²) in [6, 6.07) is 16.0. The molecule has 3 aromatic rings. The molecule has 0 bridgehead atoms. The second kappa shape index (κ2) is 9.45. The molecule has 170 valence electrons. The van der Waals surface area contributed by atoms with E-state index in [1.165, 1.54) is 0 Å². The van der Waals surface area contributed by atoms with Gasteiger partial charge in [-0.3, -0.25) is 4.79 Å². The fourth-order valence-corrected chi connectivity index (χ4v) is 4.75. The molecule has 2 aromatic carbocycles. The van der Waals surface area contributed by atoms with Gasteiger partial charge in [0.15, 0.2) is 0 Å². The maximum atomic E-state index is 14.1. The Labute approximate surface area is 189 Å². The predicted octanol–water partition coefficient (Wildman–Crippen LogP) is 3.42. The highest BCUT2D eigenvalue weighted by Gasteiger charge is 2.33. The van der Waals surface area contributed by atoms with Crippen LogP contribution in [0.4, 0.5) is 0 Å². The summed E-state index contributed by atoms with van der Waals surface area (Å²) in [6.45, 7) is 5.58. The Bertz CT molecular complexity index is 1110. The van der Waals surface area contributed by atoms with Crippen molar-refractivity contribution in [1.82, 2.24) is 14.8 Å². The van der Waals surface area contributed by atoms with E-state index < -0.39 is 0 Å². The first-order chi connectivity index (χ1) is 15.5. The third-order valence-corrected chi connectivity index (χ3v) is 6.63. The van der Waals surface area contributed by atoms with Gasteiger partial charge in [0, 0.05) is 42.5 Å². The number of aliphatic hydroxyl groups excluding tert-OH is 1. The van der Waals surface area contributed by atoms with E-state index in [2.05, 4.69) is 30.4 Å². The van der Waals surface area contributed by atoms with Gasteiger partial charge in [0.05, 0.1) is 25.4 Å². The summed E-state index contributed by atoms with van der Waals surface area (Å²) in [5.41, 5.74) is 4.67. The Morgan fingerprint density at radius 2 is 1.91 bits per heavy atom. The highest BCUT2D eigenvalue weighted by Crippen LogP contribution is 2.38. The van der Waals surface area contributed by atoms with Crippen LogP contribution in [0.1, 0.15) is 29.9 Å². The zero-order chi connectivity index (χ0) is 22.8. The number of hydrogen-bond acceptors (Lipinski definition) is 4. The van der Waals surface area contributed by atoms with Crippen molar-refractivity contribution >= 4 is 16.8 Å². The maximum absolute atomic E-state index is 14.1. The fourth-order valence-electron chi connectivity index (χ4n) is 4.75. The van der Waals surface area contributed by atoms with E-state index in [0.717, 1.165) is 27.6 Å². The number of hydrogen-bond donors (Lipinski definition) is 2. The van der Waals surface area contributed by atoms with Crippen molar-refractivity contribution in [3.63, 3.8) is 0 Å². The molecule has 1 amide bonds. The summed E-state index contributed by atoms with van der Waals surface area (Å²) in [7, 11) is 3.86. The first-order valence-electron chi connectivity index (χ1n) is 11.3. The van der Waals surface area contributed by atoms with Gasteiger partial charge in [-0.2, -0.15) is 0 Å². The summed E-state index contributed by atoms with van der Waals surface area (Å²) >= 11 is 0.